The van der Waals surface area contributed by atoms with E-state index in [1.807, 2.05) is 23.1 Å². The molecule has 0 radical (unpaired) electrons. The summed E-state index contributed by atoms with van der Waals surface area (Å²) in [7, 11) is 1.64. The number of anilines is 2. The van der Waals surface area contributed by atoms with E-state index in [0.29, 0.717) is 37.5 Å². The number of amides is 1. The molecule has 0 unspecified atom stereocenters. The van der Waals surface area contributed by atoms with Crippen LogP contribution in [0.4, 0.5) is 11.5 Å². The molecule has 3 aromatic rings. The van der Waals surface area contributed by atoms with Crippen LogP contribution in [0.3, 0.4) is 0 Å². The molecule has 0 aliphatic carbocycles. The van der Waals surface area contributed by atoms with Gasteiger partial charge in [-0.3, -0.25) is 9.20 Å². The highest BCUT2D eigenvalue weighted by Gasteiger charge is 2.24. The Morgan fingerprint density at radius 3 is 2.83 bits per heavy atom. The number of fused-ring (bicyclic) bond motifs is 2. The normalized spacial score (nSPS) is 16.9. The fourth-order valence-electron chi connectivity index (χ4n) is 4.02. The summed E-state index contributed by atoms with van der Waals surface area (Å²) >= 11 is 0. The Bertz CT molecular complexity index is 1140. The van der Waals surface area contributed by atoms with Crippen molar-refractivity contribution in [3.05, 3.63) is 52.2 Å². The summed E-state index contributed by atoms with van der Waals surface area (Å²) in [5, 5.41) is 4.27. The van der Waals surface area contributed by atoms with Gasteiger partial charge in [-0.15, -0.1) is 0 Å². The first kappa shape index (κ1) is 17.9. The molecule has 9 heteroatoms. The highest BCUT2D eigenvalue weighted by atomic mass is 16.5. The first-order chi connectivity index (χ1) is 14.1. The zero-order valence-corrected chi connectivity index (χ0v) is 16.2. The van der Waals surface area contributed by atoms with Crippen molar-refractivity contribution < 1.29 is 9.53 Å². The van der Waals surface area contributed by atoms with E-state index in [0.717, 1.165) is 36.5 Å². The molecule has 3 aromatic heterocycles. The van der Waals surface area contributed by atoms with Gasteiger partial charge in [0.2, 0.25) is 0 Å². The fourth-order valence-corrected chi connectivity index (χ4v) is 4.02. The van der Waals surface area contributed by atoms with Crippen LogP contribution in [0.25, 0.3) is 5.65 Å². The highest BCUT2D eigenvalue weighted by molar-refractivity contribution is 5.94. The van der Waals surface area contributed by atoms with Gasteiger partial charge in [-0.25, -0.2) is 14.5 Å². The first-order valence-corrected chi connectivity index (χ1v) is 9.81. The number of hydrogen-bond acceptors (Lipinski definition) is 6. The number of aromatic nitrogens is 4. The lowest BCUT2D eigenvalue weighted by Gasteiger charge is -2.31. The van der Waals surface area contributed by atoms with E-state index in [2.05, 4.69) is 15.0 Å². The van der Waals surface area contributed by atoms with Gasteiger partial charge >= 0.3 is 5.69 Å². The van der Waals surface area contributed by atoms with Crippen LogP contribution in [0.2, 0.25) is 0 Å². The lowest BCUT2D eigenvalue weighted by molar-refractivity contribution is 0.0302. The lowest BCUT2D eigenvalue weighted by atomic mass is 10.0. The second kappa shape index (κ2) is 7.00. The van der Waals surface area contributed by atoms with E-state index in [1.165, 1.54) is 9.08 Å². The molecule has 0 bridgehead atoms. The molecule has 0 spiro atoms. The monoisotopic (exact) mass is 394 g/mol. The largest absolute Gasteiger partial charge is 0.378 e. The van der Waals surface area contributed by atoms with Gasteiger partial charge in [0.05, 0.1) is 18.8 Å². The topological polar surface area (TPSA) is 85.0 Å². The number of pyridine rings is 2. The van der Waals surface area contributed by atoms with Gasteiger partial charge in [-0.05, 0) is 30.5 Å². The number of rotatable bonds is 2. The van der Waals surface area contributed by atoms with Crippen LogP contribution in [0.5, 0.6) is 0 Å². The van der Waals surface area contributed by atoms with E-state index >= 15 is 0 Å². The van der Waals surface area contributed by atoms with Crippen molar-refractivity contribution in [2.24, 2.45) is 7.05 Å². The maximum Gasteiger partial charge on any atom is 0.350 e. The fraction of sp³-hybridized carbons (Fsp3) is 0.400. The van der Waals surface area contributed by atoms with Crippen LogP contribution in [0.15, 0.2) is 35.4 Å². The molecule has 1 amide bonds. The van der Waals surface area contributed by atoms with Crippen molar-refractivity contribution >= 4 is 23.1 Å². The lowest BCUT2D eigenvalue weighted by Crippen LogP contribution is -2.40. The number of nitrogens with zero attached hydrogens (tertiary/aromatic N) is 6. The molecule has 1 saturated heterocycles. The molecule has 5 rings (SSSR count). The molecular formula is C20H22N6O3. The van der Waals surface area contributed by atoms with E-state index in [4.69, 9.17) is 4.74 Å². The molecule has 2 aliphatic heterocycles. The molecule has 0 atom stereocenters. The smallest absolute Gasteiger partial charge is 0.350 e. The van der Waals surface area contributed by atoms with Gasteiger partial charge in [0.15, 0.2) is 5.65 Å². The molecule has 0 saturated carbocycles. The molecule has 150 valence electrons. The average molecular weight is 394 g/mol. The SMILES string of the molecule is Cn1nc2cc(N3CCCc4cc(C(=O)N5CCOCC5)cnc43)ccn2c1=O. The Morgan fingerprint density at radius 1 is 1.17 bits per heavy atom. The molecule has 29 heavy (non-hydrogen) atoms. The summed E-state index contributed by atoms with van der Waals surface area (Å²) < 4.78 is 8.18. The summed E-state index contributed by atoms with van der Waals surface area (Å²) in [4.78, 5) is 33.4. The highest BCUT2D eigenvalue weighted by Crippen LogP contribution is 2.32. The van der Waals surface area contributed by atoms with Crippen molar-refractivity contribution in [2.45, 2.75) is 12.8 Å². The predicted octanol–water partition coefficient (Wildman–Crippen LogP) is 0.985. The van der Waals surface area contributed by atoms with Crippen molar-refractivity contribution in [3.63, 3.8) is 0 Å². The van der Waals surface area contributed by atoms with Crippen molar-refractivity contribution in [1.29, 1.82) is 0 Å². The Hall–Kier alpha value is -3.20. The Kier molecular flexibility index (Phi) is 4.31. The van der Waals surface area contributed by atoms with Crippen LogP contribution >= 0.6 is 0 Å². The molecule has 2 aliphatic rings. The first-order valence-electron chi connectivity index (χ1n) is 9.81. The number of hydrogen-bond donors (Lipinski definition) is 0. The molecule has 0 N–H and O–H groups in total. The van der Waals surface area contributed by atoms with Crippen LogP contribution in [-0.4, -0.2) is 62.8 Å². The molecule has 1 fully saturated rings. The Balaban J connectivity index is 1.48. The Morgan fingerprint density at radius 2 is 2.00 bits per heavy atom. The third-order valence-electron chi connectivity index (χ3n) is 5.54. The Labute approximate surface area is 167 Å². The van der Waals surface area contributed by atoms with Crippen LogP contribution in [-0.2, 0) is 18.2 Å². The van der Waals surface area contributed by atoms with Crippen LogP contribution in [0.1, 0.15) is 22.3 Å². The van der Waals surface area contributed by atoms with Crippen LogP contribution in [0, 0.1) is 0 Å². The summed E-state index contributed by atoms with van der Waals surface area (Å²) in [5.74, 6) is 0.868. The third-order valence-corrected chi connectivity index (χ3v) is 5.54. The van der Waals surface area contributed by atoms with E-state index in [1.54, 1.807) is 19.4 Å². The summed E-state index contributed by atoms with van der Waals surface area (Å²) in [6.45, 7) is 3.22. The standard InChI is InChI=1S/C20H22N6O3/c1-23-20(28)26-6-4-16(12-17(26)22-23)25-5-2-3-14-11-15(13-21-18(14)25)19(27)24-7-9-29-10-8-24/h4,6,11-13H,2-3,5,7-10H2,1H3. The number of ether oxygens (including phenoxy) is 1. The van der Waals surface area contributed by atoms with E-state index in [9.17, 15) is 9.59 Å². The second-order valence-corrected chi connectivity index (χ2v) is 7.39. The zero-order chi connectivity index (χ0) is 20.0. The minimum Gasteiger partial charge on any atom is -0.378 e. The number of morpholine rings is 1. The van der Waals surface area contributed by atoms with Gasteiger partial charge < -0.3 is 14.5 Å². The summed E-state index contributed by atoms with van der Waals surface area (Å²) in [5.41, 5.74) is 3.05. The second-order valence-electron chi connectivity index (χ2n) is 7.39. The summed E-state index contributed by atoms with van der Waals surface area (Å²) in [6, 6.07) is 5.76. The van der Waals surface area contributed by atoms with E-state index < -0.39 is 0 Å². The van der Waals surface area contributed by atoms with Crippen molar-refractivity contribution in [3.8, 4) is 0 Å². The maximum atomic E-state index is 12.8. The number of carbonyl (C=O) groups excluding carboxylic acids is 1. The van der Waals surface area contributed by atoms with Crippen molar-refractivity contribution in [1.82, 2.24) is 24.1 Å². The van der Waals surface area contributed by atoms with Crippen LogP contribution < -0.4 is 10.6 Å². The van der Waals surface area contributed by atoms with Gasteiger partial charge in [0.1, 0.15) is 5.82 Å². The summed E-state index contributed by atoms with van der Waals surface area (Å²) in [6.07, 6.45) is 5.25. The van der Waals surface area contributed by atoms with Crippen molar-refractivity contribution in [2.75, 3.05) is 37.7 Å². The minimum atomic E-state index is -0.171. The van der Waals surface area contributed by atoms with Gasteiger partial charge in [-0.2, -0.15) is 5.10 Å². The quantitative estimate of drug-likeness (QED) is 0.644. The van der Waals surface area contributed by atoms with Gasteiger partial charge in [0.25, 0.3) is 5.91 Å². The zero-order valence-electron chi connectivity index (χ0n) is 16.2. The predicted molar refractivity (Wildman–Crippen MR) is 107 cm³/mol. The molecule has 0 aromatic carbocycles. The number of aryl methyl sites for hydroxylation is 2. The third kappa shape index (κ3) is 3.07. The molecule has 5 heterocycles. The number of carbonyl (C=O) groups is 1. The molecular weight excluding hydrogens is 372 g/mol. The van der Waals surface area contributed by atoms with Gasteiger partial charge in [-0.1, -0.05) is 0 Å². The minimum absolute atomic E-state index is 0.00926. The van der Waals surface area contributed by atoms with E-state index in [-0.39, 0.29) is 11.6 Å². The van der Waals surface area contributed by atoms with Gasteiger partial charge in [0, 0.05) is 50.8 Å². The molecule has 9 nitrogen and oxygen atoms in total. The maximum absolute atomic E-state index is 12.8. The average Bonchev–Trinajstić information content (AvgIpc) is 3.06.